The maximum absolute atomic E-state index is 12.5. The average Bonchev–Trinajstić information content (AvgIpc) is 3.06. The molecule has 4 amide bonds. The molecule has 0 saturated heterocycles. The highest BCUT2D eigenvalue weighted by molar-refractivity contribution is 8.76. The van der Waals surface area contributed by atoms with Gasteiger partial charge in [0.25, 0.3) is 0 Å². The smallest absolute Gasteiger partial charge is 0.221 e. The minimum absolute atomic E-state index is 0.0321. The fourth-order valence-electron chi connectivity index (χ4n) is 4.45. The summed E-state index contributed by atoms with van der Waals surface area (Å²) in [5.74, 6) is 3.62. The van der Waals surface area contributed by atoms with Crippen molar-refractivity contribution in [3.63, 3.8) is 0 Å². The van der Waals surface area contributed by atoms with Crippen molar-refractivity contribution in [3.8, 4) is 0 Å². The third-order valence-corrected chi connectivity index (χ3v) is 10.9. The second kappa shape index (κ2) is 35.0. The molecule has 0 unspecified atom stereocenters. The van der Waals surface area contributed by atoms with Crippen molar-refractivity contribution in [3.05, 3.63) is 0 Å². The van der Waals surface area contributed by atoms with Gasteiger partial charge in [-0.3, -0.25) is 19.2 Å². The molecule has 0 radical (unpaired) electrons. The zero-order chi connectivity index (χ0) is 34.8. The van der Waals surface area contributed by atoms with Gasteiger partial charge < -0.3 is 36.8 Å². The molecular formula is C32H65N7O4S4. The van der Waals surface area contributed by atoms with Crippen molar-refractivity contribution >= 4 is 68.7 Å². The predicted octanol–water partition coefficient (Wildman–Crippen LogP) is 3.04. The average molecular weight is 740 g/mol. The number of thioether (sulfide) groups is 2. The molecule has 0 aliphatic rings. The van der Waals surface area contributed by atoms with Crippen LogP contribution in [0.1, 0.15) is 71.1 Å². The Labute approximate surface area is 302 Å². The monoisotopic (exact) mass is 739 g/mol. The van der Waals surface area contributed by atoms with Gasteiger partial charge in [-0.05, 0) is 51.4 Å². The molecule has 0 atom stereocenters. The number of unbranched alkanes of at least 4 members (excludes halogenated alkanes) is 4. The molecule has 0 heterocycles. The first-order valence-corrected chi connectivity index (χ1v) is 22.6. The number of nitrogens with one attached hydrogen (secondary N) is 4. The molecule has 276 valence electrons. The third-order valence-electron chi connectivity index (χ3n) is 7.23. The number of hydrogen-bond acceptors (Lipinski definition) is 11. The lowest BCUT2D eigenvalue weighted by atomic mass is 10.2. The molecule has 0 fully saturated rings. The Balaban J connectivity index is 4.12. The van der Waals surface area contributed by atoms with E-state index in [1.54, 1.807) is 45.1 Å². The zero-order valence-electron chi connectivity index (χ0n) is 29.4. The summed E-state index contributed by atoms with van der Waals surface area (Å²) in [6.45, 7) is 9.87. The summed E-state index contributed by atoms with van der Waals surface area (Å²) in [4.78, 5) is 53.5. The van der Waals surface area contributed by atoms with Gasteiger partial charge in [0.2, 0.25) is 23.6 Å². The molecule has 6 N–H and O–H groups in total. The summed E-state index contributed by atoms with van der Waals surface area (Å²) in [5.41, 5.74) is 5.60. The summed E-state index contributed by atoms with van der Waals surface area (Å²) in [6.07, 6.45) is 12.2. The molecule has 0 rings (SSSR count). The number of hydrogen-bond donors (Lipinski definition) is 5. The molecule has 0 bridgehead atoms. The first-order valence-electron chi connectivity index (χ1n) is 17.3. The first kappa shape index (κ1) is 46.2. The minimum Gasteiger partial charge on any atom is -0.355 e. The van der Waals surface area contributed by atoms with Gasteiger partial charge in [-0.25, -0.2) is 0 Å². The molecule has 0 aliphatic heterocycles. The van der Waals surface area contributed by atoms with Gasteiger partial charge in [-0.2, -0.15) is 23.5 Å². The van der Waals surface area contributed by atoms with Crippen molar-refractivity contribution in [1.29, 1.82) is 0 Å². The van der Waals surface area contributed by atoms with E-state index < -0.39 is 0 Å². The highest BCUT2D eigenvalue weighted by Crippen LogP contribution is 2.19. The second-order valence-electron chi connectivity index (χ2n) is 11.3. The van der Waals surface area contributed by atoms with Crippen molar-refractivity contribution in [2.75, 3.05) is 108 Å². The number of carbonyl (C=O) groups excluding carboxylic acids is 4. The largest absolute Gasteiger partial charge is 0.355 e. The van der Waals surface area contributed by atoms with Crippen LogP contribution >= 0.6 is 45.1 Å². The van der Waals surface area contributed by atoms with E-state index in [1.165, 1.54) is 0 Å². The quantitative estimate of drug-likeness (QED) is 0.0490. The fraction of sp³-hybridized carbons (Fsp3) is 0.875. The Morgan fingerprint density at radius 2 is 0.872 bits per heavy atom. The molecule has 11 nitrogen and oxygen atoms in total. The number of nitrogens with zero attached hydrogens (tertiary/aromatic N) is 2. The van der Waals surface area contributed by atoms with Crippen LogP contribution in [0.4, 0.5) is 0 Å². The van der Waals surface area contributed by atoms with Crippen LogP contribution in [-0.4, -0.2) is 141 Å². The van der Waals surface area contributed by atoms with Gasteiger partial charge in [-0.1, -0.05) is 47.8 Å². The van der Waals surface area contributed by atoms with Crippen molar-refractivity contribution < 1.29 is 19.2 Å². The van der Waals surface area contributed by atoms with Gasteiger partial charge in [0, 0.05) is 101 Å². The summed E-state index contributed by atoms with van der Waals surface area (Å²) in [5, 5.41) is 11.9. The maximum Gasteiger partial charge on any atom is 0.221 e. The third kappa shape index (κ3) is 32.1. The van der Waals surface area contributed by atoms with E-state index in [0.29, 0.717) is 78.0 Å². The molecule has 0 aromatic heterocycles. The van der Waals surface area contributed by atoms with Gasteiger partial charge in [0.1, 0.15) is 0 Å². The maximum atomic E-state index is 12.5. The number of nitrogens with two attached hydrogens (primary N) is 1. The van der Waals surface area contributed by atoms with Crippen molar-refractivity contribution in [2.24, 2.45) is 5.73 Å². The number of carbonyl (C=O) groups is 4. The minimum atomic E-state index is 0.0321. The zero-order valence-corrected chi connectivity index (χ0v) is 32.7. The summed E-state index contributed by atoms with van der Waals surface area (Å²) in [6, 6.07) is 0. The van der Waals surface area contributed by atoms with E-state index in [2.05, 4.69) is 38.0 Å². The fourth-order valence-corrected chi connectivity index (χ4v) is 6.87. The standard InChI is InChI=1S/C32H65N7O4S4/c1-4-5-19-38(21-10-29(40)34-15-25-44-2)22-11-31(42)36-17-27-46-47-28-18-37-32(43)13-24-39(20-9-7-6-8-14-33)23-12-30(41)35-16-26-45-3/h4-28,33H2,1-3H3,(H,34,40)(H,35,41)(H,36,42)(H,37,43). The van der Waals surface area contributed by atoms with Gasteiger partial charge >= 0.3 is 0 Å². The van der Waals surface area contributed by atoms with Crippen LogP contribution < -0.4 is 27.0 Å². The Morgan fingerprint density at radius 1 is 0.511 bits per heavy atom. The normalized spacial score (nSPS) is 11.2. The van der Waals surface area contributed by atoms with Crippen molar-refractivity contribution in [1.82, 2.24) is 31.1 Å². The molecular weight excluding hydrogens is 675 g/mol. The van der Waals surface area contributed by atoms with E-state index in [0.717, 1.165) is 81.2 Å². The second-order valence-corrected chi connectivity index (χ2v) is 15.9. The molecule has 0 spiro atoms. The molecule has 0 saturated carbocycles. The highest BCUT2D eigenvalue weighted by Gasteiger charge is 2.12. The SMILES string of the molecule is CCCCN(CCC(=O)NCCSC)CCC(=O)NCCSSCCNC(=O)CCN(CCCCCCN)CCC(=O)NCCSC. The predicted molar refractivity (Wildman–Crippen MR) is 207 cm³/mol. The lowest BCUT2D eigenvalue weighted by molar-refractivity contribution is -0.123. The lowest BCUT2D eigenvalue weighted by Gasteiger charge is -2.22. The van der Waals surface area contributed by atoms with E-state index in [1.807, 2.05) is 12.5 Å². The molecule has 0 aromatic carbocycles. The molecule has 47 heavy (non-hydrogen) atoms. The molecule has 0 aliphatic carbocycles. The van der Waals surface area contributed by atoms with Crippen LogP contribution in [0.15, 0.2) is 0 Å². The Kier molecular flexibility index (Phi) is 34.4. The van der Waals surface area contributed by atoms with Gasteiger partial charge in [-0.15, -0.1) is 0 Å². The Morgan fingerprint density at radius 3 is 1.23 bits per heavy atom. The number of rotatable bonds is 34. The lowest BCUT2D eigenvalue weighted by Crippen LogP contribution is -2.35. The molecule has 0 aromatic rings. The first-order chi connectivity index (χ1) is 22.9. The highest BCUT2D eigenvalue weighted by atomic mass is 33.1. The van der Waals surface area contributed by atoms with Crippen LogP contribution in [0.25, 0.3) is 0 Å². The van der Waals surface area contributed by atoms with Gasteiger partial charge in [0.15, 0.2) is 0 Å². The Hall–Kier alpha value is -0.840. The van der Waals surface area contributed by atoms with Crippen LogP contribution in [0.5, 0.6) is 0 Å². The van der Waals surface area contributed by atoms with Crippen LogP contribution in [0, 0.1) is 0 Å². The van der Waals surface area contributed by atoms with E-state index in [-0.39, 0.29) is 23.6 Å². The van der Waals surface area contributed by atoms with E-state index in [4.69, 9.17) is 5.73 Å². The summed E-state index contributed by atoms with van der Waals surface area (Å²) >= 11 is 3.42. The van der Waals surface area contributed by atoms with Crippen LogP contribution in [0.3, 0.4) is 0 Å². The summed E-state index contributed by atoms with van der Waals surface area (Å²) < 4.78 is 0. The van der Waals surface area contributed by atoms with Crippen LogP contribution in [-0.2, 0) is 19.2 Å². The molecule has 15 heteroatoms. The van der Waals surface area contributed by atoms with Gasteiger partial charge in [0.05, 0.1) is 0 Å². The number of amides is 4. The topological polar surface area (TPSA) is 149 Å². The summed E-state index contributed by atoms with van der Waals surface area (Å²) in [7, 11) is 3.38. The van der Waals surface area contributed by atoms with Crippen molar-refractivity contribution in [2.45, 2.75) is 71.1 Å². The van der Waals surface area contributed by atoms with E-state index in [9.17, 15) is 19.2 Å². The Bertz CT molecular complexity index is 803. The van der Waals surface area contributed by atoms with Crippen LogP contribution in [0.2, 0.25) is 0 Å². The van der Waals surface area contributed by atoms with E-state index >= 15 is 0 Å².